The van der Waals surface area contributed by atoms with Gasteiger partial charge < -0.3 is 10.1 Å². The van der Waals surface area contributed by atoms with Crippen molar-refractivity contribution in [1.82, 2.24) is 5.32 Å². The van der Waals surface area contributed by atoms with Crippen molar-refractivity contribution in [2.24, 2.45) is 0 Å². The Bertz CT molecular complexity index is 610. The molecule has 21 heavy (non-hydrogen) atoms. The smallest absolute Gasteiger partial charge is 0.164 e. The summed E-state index contributed by atoms with van der Waals surface area (Å²) in [6.45, 7) is 4.26. The highest BCUT2D eigenvalue weighted by molar-refractivity contribution is 7.91. The van der Waals surface area contributed by atoms with Gasteiger partial charge in [0.1, 0.15) is 5.75 Å². The van der Waals surface area contributed by atoms with Crippen molar-refractivity contribution in [2.75, 3.05) is 18.1 Å². The van der Waals surface area contributed by atoms with Gasteiger partial charge in [-0.1, -0.05) is 12.1 Å². The number of hydrogen-bond acceptors (Lipinski definition) is 5. The molecule has 1 aliphatic heterocycles. The van der Waals surface area contributed by atoms with E-state index in [9.17, 15) is 13.2 Å². The molecule has 116 valence electrons. The van der Waals surface area contributed by atoms with Gasteiger partial charge in [-0.15, -0.1) is 0 Å². The first kappa shape index (κ1) is 16.0. The minimum Gasteiger partial charge on any atom is -0.491 e. The molecule has 0 bridgehead atoms. The van der Waals surface area contributed by atoms with Crippen LogP contribution in [0.2, 0.25) is 0 Å². The zero-order chi connectivity index (χ0) is 15.5. The topological polar surface area (TPSA) is 72.5 Å². The normalized spacial score (nSPS) is 21.2. The summed E-state index contributed by atoms with van der Waals surface area (Å²) in [7, 11) is -3.02. The molecule has 1 N–H and O–H groups in total. The predicted octanol–water partition coefficient (Wildman–Crippen LogP) is 1.43. The summed E-state index contributed by atoms with van der Waals surface area (Å²) in [5.41, 5.74) is 0.554. The molecule has 5 nitrogen and oxygen atoms in total. The van der Waals surface area contributed by atoms with Gasteiger partial charge in [0, 0.05) is 24.6 Å². The van der Waals surface area contributed by atoms with Gasteiger partial charge in [0.25, 0.3) is 0 Å². The van der Waals surface area contributed by atoms with Crippen LogP contribution in [0.25, 0.3) is 0 Å². The van der Waals surface area contributed by atoms with E-state index in [4.69, 9.17) is 4.74 Å². The second-order valence-electron chi connectivity index (χ2n) is 5.59. The quantitative estimate of drug-likeness (QED) is 0.833. The summed E-state index contributed by atoms with van der Waals surface area (Å²) in [4.78, 5) is 12.3. The largest absolute Gasteiger partial charge is 0.491 e. The molecule has 0 saturated carbocycles. The zero-order valence-corrected chi connectivity index (χ0v) is 13.2. The Morgan fingerprint density at radius 1 is 1.43 bits per heavy atom. The predicted molar refractivity (Wildman–Crippen MR) is 81.6 cm³/mol. The maximum atomic E-state index is 12.3. The van der Waals surface area contributed by atoms with Crippen LogP contribution < -0.4 is 10.1 Å². The highest BCUT2D eigenvalue weighted by Gasteiger charge is 2.26. The van der Waals surface area contributed by atoms with Crippen LogP contribution in [0.1, 0.15) is 30.6 Å². The number of rotatable bonds is 5. The van der Waals surface area contributed by atoms with Gasteiger partial charge in [0.2, 0.25) is 0 Å². The fourth-order valence-electron chi connectivity index (χ4n) is 2.36. The van der Waals surface area contributed by atoms with Crippen LogP contribution in [0.15, 0.2) is 24.3 Å². The summed E-state index contributed by atoms with van der Waals surface area (Å²) >= 11 is 0. The molecule has 0 radical (unpaired) electrons. The van der Waals surface area contributed by atoms with E-state index in [0.29, 0.717) is 17.9 Å². The Kier molecular flexibility index (Phi) is 5.00. The van der Waals surface area contributed by atoms with E-state index in [-0.39, 0.29) is 35.9 Å². The first-order valence-corrected chi connectivity index (χ1v) is 8.91. The Labute approximate surface area is 125 Å². The lowest BCUT2D eigenvalue weighted by Gasteiger charge is -2.23. The maximum Gasteiger partial charge on any atom is 0.164 e. The Morgan fingerprint density at radius 3 is 2.86 bits per heavy atom. The van der Waals surface area contributed by atoms with Crippen molar-refractivity contribution < 1.29 is 17.9 Å². The molecule has 0 amide bonds. The molecular formula is C15H21NO4S. The molecule has 2 rings (SSSR count). The molecule has 1 atom stereocenters. The third-order valence-corrected chi connectivity index (χ3v) is 5.00. The molecule has 1 unspecified atom stereocenters. The molecule has 1 fully saturated rings. The number of ether oxygens (including phenoxy) is 1. The van der Waals surface area contributed by atoms with Gasteiger partial charge in [-0.3, -0.25) is 4.79 Å². The minimum absolute atomic E-state index is 0.0287. The monoisotopic (exact) mass is 311 g/mol. The lowest BCUT2D eigenvalue weighted by Crippen LogP contribution is -2.45. The van der Waals surface area contributed by atoms with E-state index in [0.717, 1.165) is 0 Å². The summed E-state index contributed by atoms with van der Waals surface area (Å²) in [6.07, 6.45) is 0.227. The lowest BCUT2D eigenvalue weighted by atomic mass is 10.0. The van der Waals surface area contributed by atoms with Crippen LogP contribution in [0.4, 0.5) is 0 Å². The molecule has 0 aromatic heterocycles. The molecule has 0 spiro atoms. The average molecular weight is 311 g/mol. The van der Waals surface area contributed by atoms with Crippen LogP contribution in [-0.4, -0.2) is 44.4 Å². The van der Waals surface area contributed by atoms with Crippen molar-refractivity contribution in [3.8, 4) is 5.75 Å². The minimum atomic E-state index is -3.02. The van der Waals surface area contributed by atoms with E-state index in [1.165, 1.54) is 0 Å². The maximum absolute atomic E-state index is 12.3. The summed E-state index contributed by atoms with van der Waals surface area (Å²) in [5, 5.41) is 3.09. The number of sulfone groups is 1. The van der Waals surface area contributed by atoms with Gasteiger partial charge in [-0.25, -0.2) is 8.42 Å². The molecule has 1 heterocycles. The van der Waals surface area contributed by atoms with Gasteiger partial charge in [0.15, 0.2) is 15.6 Å². The van der Waals surface area contributed by atoms with Gasteiger partial charge in [-0.2, -0.15) is 0 Å². The number of ketones is 1. The van der Waals surface area contributed by atoms with E-state index in [1.807, 2.05) is 13.8 Å². The second-order valence-corrected chi connectivity index (χ2v) is 7.82. The standard InChI is InChI=1S/C15H21NO4S/c1-11(2)20-14-5-3-4-12(8-14)15(17)9-13-10-21(18,19)7-6-16-13/h3-5,8,11,13,16H,6-7,9-10H2,1-2H3. The van der Waals surface area contributed by atoms with Crippen molar-refractivity contribution in [3.63, 3.8) is 0 Å². The molecule has 1 saturated heterocycles. The highest BCUT2D eigenvalue weighted by Crippen LogP contribution is 2.17. The SMILES string of the molecule is CC(C)Oc1cccc(C(=O)CC2CS(=O)(=O)CCN2)c1. The first-order valence-electron chi connectivity index (χ1n) is 7.09. The Morgan fingerprint density at radius 2 is 2.19 bits per heavy atom. The van der Waals surface area contributed by atoms with Crippen LogP contribution in [0.3, 0.4) is 0 Å². The third-order valence-electron chi connectivity index (χ3n) is 3.26. The molecular weight excluding hydrogens is 290 g/mol. The van der Waals surface area contributed by atoms with Crippen LogP contribution in [0.5, 0.6) is 5.75 Å². The van der Waals surface area contributed by atoms with E-state index in [1.54, 1.807) is 24.3 Å². The number of hydrogen-bond donors (Lipinski definition) is 1. The van der Waals surface area contributed by atoms with Crippen LogP contribution >= 0.6 is 0 Å². The Balaban J connectivity index is 2.03. The lowest BCUT2D eigenvalue weighted by molar-refractivity contribution is 0.0971. The fraction of sp³-hybridized carbons (Fsp3) is 0.533. The average Bonchev–Trinajstić information content (AvgIpc) is 2.37. The number of carbonyl (C=O) groups is 1. The summed E-state index contributed by atoms with van der Waals surface area (Å²) < 4.78 is 28.7. The van der Waals surface area contributed by atoms with Crippen molar-refractivity contribution in [1.29, 1.82) is 0 Å². The van der Waals surface area contributed by atoms with E-state index >= 15 is 0 Å². The molecule has 0 aliphatic carbocycles. The third kappa shape index (κ3) is 4.82. The van der Waals surface area contributed by atoms with Gasteiger partial charge in [-0.05, 0) is 26.0 Å². The number of Topliss-reactive ketones (excluding diaryl/α,β-unsaturated/α-hetero) is 1. The number of nitrogens with one attached hydrogen (secondary N) is 1. The molecule has 1 aliphatic rings. The molecule has 1 aromatic rings. The van der Waals surface area contributed by atoms with Crippen LogP contribution in [0, 0.1) is 0 Å². The van der Waals surface area contributed by atoms with E-state index in [2.05, 4.69) is 5.32 Å². The van der Waals surface area contributed by atoms with Crippen molar-refractivity contribution in [3.05, 3.63) is 29.8 Å². The number of carbonyl (C=O) groups excluding carboxylic acids is 1. The molecule has 6 heteroatoms. The Hall–Kier alpha value is -1.40. The van der Waals surface area contributed by atoms with Crippen LogP contribution in [-0.2, 0) is 9.84 Å². The summed E-state index contributed by atoms with van der Waals surface area (Å²) in [5.74, 6) is 0.759. The van der Waals surface area contributed by atoms with Crippen molar-refractivity contribution in [2.45, 2.75) is 32.4 Å². The van der Waals surface area contributed by atoms with Gasteiger partial charge >= 0.3 is 0 Å². The second kappa shape index (κ2) is 6.58. The van der Waals surface area contributed by atoms with Gasteiger partial charge in [0.05, 0.1) is 17.6 Å². The highest BCUT2D eigenvalue weighted by atomic mass is 32.2. The fourth-order valence-corrected chi connectivity index (χ4v) is 3.80. The summed E-state index contributed by atoms with van der Waals surface area (Å²) in [6, 6.07) is 6.72. The number of benzene rings is 1. The first-order chi connectivity index (χ1) is 9.85. The zero-order valence-electron chi connectivity index (χ0n) is 12.3. The molecule has 1 aromatic carbocycles. The van der Waals surface area contributed by atoms with Crippen molar-refractivity contribution >= 4 is 15.6 Å². The van der Waals surface area contributed by atoms with E-state index < -0.39 is 9.84 Å².